The van der Waals surface area contributed by atoms with Crippen molar-refractivity contribution in [2.45, 2.75) is 19.3 Å². The van der Waals surface area contributed by atoms with Crippen molar-refractivity contribution in [1.29, 1.82) is 0 Å². The number of halogens is 1. The van der Waals surface area contributed by atoms with Crippen LogP contribution in [0, 0.1) is 6.92 Å². The molecule has 0 spiro atoms. The van der Waals surface area contributed by atoms with Crippen LogP contribution in [0.15, 0.2) is 47.0 Å². The Labute approximate surface area is 165 Å². The minimum atomic E-state index is -0.161. The van der Waals surface area contributed by atoms with E-state index in [4.69, 9.17) is 16.1 Å². The van der Waals surface area contributed by atoms with E-state index in [1.807, 2.05) is 43.3 Å². The van der Waals surface area contributed by atoms with Crippen molar-refractivity contribution in [3.63, 3.8) is 0 Å². The predicted molar refractivity (Wildman–Crippen MR) is 105 cm³/mol. The van der Waals surface area contributed by atoms with E-state index in [1.54, 1.807) is 11.0 Å². The van der Waals surface area contributed by atoms with Gasteiger partial charge in [-0.1, -0.05) is 47.1 Å². The molecule has 140 valence electrons. The van der Waals surface area contributed by atoms with Gasteiger partial charge in [0.25, 0.3) is 5.89 Å². The third-order valence-corrected chi connectivity index (χ3v) is 5.37. The van der Waals surface area contributed by atoms with Crippen molar-refractivity contribution in [3.8, 4) is 11.6 Å². The fraction of sp³-hybridized carbons (Fsp3) is 0.200. The Morgan fingerprint density at radius 3 is 2.93 bits per heavy atom. The van der Waals surface area contributed by atoms with Gasteiger partial charge in [-0.3, -0.25) is 9.89 Å². The molecule has 1 fully saturated rings. The molecule has 2 aromatic heterocycles. The molecule has 7 nitrogen and oxygen atoms in total. The van der Waals surface area contributed by atoms with Crippen LogP contribution in [0.2, 0.25) is 5.02 Å². The summed E-state index contributed by atoms with van der Waals surface area (Å²) < 4.78 is 5.45. The fourth-order valence-corrected chi connectivity index (χ4v) is 4.01. The van der Waals surface area contributed by atoms with E-state index in [2.05, 4.69) is 20.3 Å². The van der Waals surface area contributed by atoms with Crippen LogP contribution >= 0.6 is 11.6 Å². The molecular formula is C20H16ClN5O2. The second kappa shape index (κ2) is 6.45. The Bertz CT molecular complexity index is 1180. The Kier molecular flexibility index (Phi) is 3.91. The molecule has 0 aliphatic carbocycles. The van der Waals surface area contributed by atoms with Gasteiger partial charge in [-0.25, -0.2) is 0 Å². The van der Waals surface area contributed by atoms with E-state index < -0.39 is 0 Å². The number of aromatic nitrogens is 4. The average molecular weight is 394 g/mol. The summed E-state index contributed by atoms with van der Waals surface area (Å²) in [4.78, 5) is 18.9. The van der Waals surface area contributed by atoms with Gasteiger partial charge in [0.2, 0.25) is 5.91 Å². The fourth-order valence-electron chi connectivity index (χ4n) is 3.68. The van der Waals surface area contributed by atoms with Gasteiger partial charge in [0, 0.05) is 24.3 Å². The number of H-pyrrole nitrogens is 1. The first-order valence-corrected chi connectivity index (χ1v) is 9.32. The first-order chi connectivity index (χ1) is 13.6. The summed E-state index contributed by atoms with van der Waals surface area (Å²) in [6.07, 6.45) is 0.310. The smallest absolute Gasteiger partial charge is 0.279 e. The molecule has 1 aliphatic rings. The lowest BCUT2D eigenvalue weighted by Crippen LogP contribution is -2.25. The number of anilines is 1. The molecule has 1 unspecified atom stereocenters. The van der Waals surface area contributed by atoms with Gasteiger partial charge in [0.05, 0.1) is 16.2 Å². The largest absolute Gasteiger partial charge is 0.332 e. The van der Waals surface area contributed by atoms with E-state index in [0.29, 0.717) is 35.4 Å². The average Bonchev–Trinajstić information content (AvgIpc) is 3.40. The van der Waals surface area contributed by atoms with Crippen LogP contribution in [0.4, 0.5) is 5.69 Å². The summed E-state index contributed by atoms with van der Waals surface area (Å²) in [5.41, 5.74) is 3.21. The number of benzene rings is 2. The van der Waals surface area contributed by atoms with E-state index in [9.17, 15) is 4.79 Å². The zero-order chi connectivity index (χ0) is 19.3. The molecule has 28 heavy (non-hydrogen) atoms. The van der Waals surface area contributed by atoms with Crippen LogP contribution < -0.4 is 4.90 Å². The zero-order valence-electron chi connectivity index (χ0n) is 15.0. The molecule has 2 aromatic carbocycles. The van der Waals surface area contributed by atoms with E-state index in [-0.39, 0.29) is 11.8 Å². The van der Waals surface area contributed by atoms with Gasteiger partial charge < -0.3 is 9.42 Å². The highest BCUT2D eigenvalue weighted by Gasteiger charge is 2.36. The first-order valence-electron chi connectivity index (χ1n) is 8.94. The minimum absolute atomic E-state index is 0.00207. The lowest BCUT2D eigenvalue weighted by molar-refractivity contribution is -0.117. The number of hydrogen-bond acceptors (Lipinski definition) is 5. The van der Waals surface area contributed by atoms with Crippen molar-refractivity contribution in [2.24, 2.45) is 0 Å². The highest BCUT2D eigenvalue weighted by atomic mass is 35.5. The maximum atomic E-state index is 12.6. The highest BCUT2D eigenvalue weighted by Crippen LogP contribution is 2.37. The van der Waals surface area contributed by atoms with E-state index >= 15 is 0 Å². The number of fused-ring (bicyclic) bond motifs is 1. The Balaban J connectivity index is 1.45. The summed E-state index contributed by atoms with van der Waals surface area (Å²) in [5, 5.41) is 12.8. The van der Waals surface area contributed by atoms with E-state index in [0.717, 1.165) is 22.2 Å². The molecule has 0 radical (unpaired) electrons. The van der Waals surface area contributed by atoms with Crippen LogP contribution in [0.5, 0.6) is 0 Å². The summed E-state index contributed by atoms with van der Waals surface area (Å²) in [7, 11) is 0. The monoisotopic (exact) mass is 393 g/mol. The SMILES string of the molecule is Cc1cccc(Cl)c1N1CC(c2noc(-c3n[nH]c4ccccc34)n2)CC1=O. The third kappa shape index (κ3) is 2.66. The number of rotatable bonds is 3. The Morgan fingerprint density at radius 2 is 2.07 bits per heavy atom. The number of amides is 1. The molecule has 3 heterocycles. The molecule has 4 aromatic rings. The Morgan fingerprint density at radius 1 is 1.21 bits per heavy atom. The van der Waals surface area contributed by atoms with Crippen molar-refractivity contribution in [2.75, 3.05) is 11.4 Å². The van der Waals surface area contributed by atoms with Crippen LogP contribution in [-0.4, -0.2) is 32.8 Å². The van der Waals surface area contributed by atoms with Crippen molar-refractivity contribution in [1.82, 2.24) is 20.3 Å². The van der Waals surface area contributed by atoms with Crippen molar-refractivity contribution >= 4 is 34.1 Å². The maximum Gasteiger partial charge on any atom is 0.279 e. The number of aromatic amines is 1. The van der Waals surface area contributed by atoms with Gasteiger partial charge in [0.15, 0.2) is 11.5 Å². The number of aryl methyl sites for hydroxylation is 1. The molecular weight excluding hydrogens is 378 g/mol. The standard InChI is InChI=1S/C20H16ClN5O2/c1-11-5-4-7-14(21)18(11)26-10-12(9-16(26)27)19-22-20(28-25-19)17-13-6-2-3-8-15(13)23-24-17/h2-8,12H,9-10H2,1H3,(H,23,24). The van der Waals surface area contributed by atoms with Crippen LogP contribution in [0.3, 0.4) is 0 Å². The summed E-state index contributed by atoms with van der Waals surface area (Å²) in [6.45, 7) is 2.40. The predicted octanol–water partition coefficient (Wildman–Crippen LogP) is 4.10. The van der Waals surface area contributed by atoms with Gasteiger partial charge >= 0.3 is 0 Å². The summed E-state index contributed by atoms with van der Waals surface area (Å²) >= 11 is 6.34. The number of nitrogens with zero attached hydrogens (tertiary/aromatic N) is 4. The van der Waals surface area contributed by atoms with Crippen LogP contribution in [0.1, 0.15) is 23.7 Å². The number of para-hydroxylation sites is 2. The normalized spacial score (nSPS) is 17.0. The molecule has 0 saturated carbocycles. The van der Waals surface area contributed by atoms with Gasteiger partial charge in [-0.05, 0) is 24.6 Å². The topological polar surface area (TPSA) is 87.9 Å². The quantitative estimate of drug-likeness (QED) is 0.566. The number of hydrogen-bond donors (Lipinski definition) is 1. The molecule has 0 bridgehead atoms. The second-order valence-corrected chi connectivity index (χ2v) is 7.29. The maximum absolute atomic E-state index is 12.6. The first kappa shape index (κ1) is 16.9. The highest BCUT2D eigenvalue weighted by molar-refractivity contribution is 6.34. The van der Waals surface area contributed by atoms with Gasteiger partial charge in [0.1, 0.15) is 0 Å². The molecule has 1 atom stereocenters. The number of carbonyl (C=O) groups excluding carboxylic acids is 1. The lowest BCUT2D eigenvalue weighted by Gasteiger charge is -2.20. The molecule has 1 aliphatic heterocycles. The zero-order valence-corrected chi connectivity index (χ0v) is 15.8. The summed E-state index contributed by atoms with van der Waals surface area (Å²) in [5.74, 6) is 0.679. The van der Waals surface area contributed by atoms with Crippen molar-refractivity contribution < 1.29 is 9.32 Å². The molecule has 8 heteroatoms. The molecule has 1 saturated heterocycles. The van der Waals surface area contributed by atoms with Crippen LogP contribution in [-0.2, 0) is 4.79 Å². The molecule has 1 amide bonds. The van der Waals surface area contributed by atoms with Gasteiger partial charge in [-0.2, -0.15) is 10.1 Å². The summed E-state index contributed by atoms with van der Waals surface area (Å²) in [6, 6.07) is 13.3. The Hall–Kier alpha value is -3.19. The van der Waals surface area contributed by atoms with Gasteiger partial charge in [-0.15, -0.1) is 0 Å². The van der Waals surface area contributed by atoms with E-state index in [1.165, 1.54) is 0 Å². The minimum Gasteiger partial charge on any atom is -0.332 e. The number of carbonyl (C=O) groups is 1. The second-order valence-electron chi connectivity index (χ2n) is 6.89. The number of nitrogens with one attached hydrogen (secondary N) is 1. The third-order valence-electron chi connectivity index (χ3n) is 5.06. The lowest BCUT2D eigenvalue weighted by atomic mass is 10.1. The molecule has 1 N–H and O–H groups in total. The molecule has 5 rings (SSSR count). The van der Waals surface area contributed by atoms with Crippen molar-refractivity contribution in [3.05, 3.63) is 58.9 Å². The van der Waals surface area contributed by atoms with Crippen LogP contribution in [0.25, 0.3) is 22.5 Å².